The summed E-state index contributed by atoms with van der Waals surface area (Å²) in [6, 6.07) is 10.7. The molecule has 0 unspecified atom stereocenters. The Hall–Kier alpha value is -2.47. The van der Waals surface area contributed by atoms with Crippen molar-refractivity contribution < 1.29 is 10.2 Å². The Morgan fingerprint density at radius 3 is 2.32 bits per heavy atom. The van der Waals surface area contributed by atoms with Crippen LogP contribution in [-0.2, 0) is 0 Å². The summed E-state index contributed by atoms with van der Waals surface area (Å²) < 4.78 is 1.49. The van der Waals surface area contributed by atoms with Gasteiger partial charge >= 0.3 is 0 Å². The molecule has 1 aromatic heterocycles. The molecule has 0 bridgehead atoms. The molecule has 112 valence electrons. The zero-order valence-electron chi connectivity index (χ0n) is 12.1. The number of aryl methyl sites for hydroxylation is 2. The van der Waals surface area contributed by atoms with Gasteiger partial charge in [-0.1, -0.05) is 29.5 Å². The van der Waals surface area contributed by atoms with Crippen LogP contribution in [0.4, 0.5) is 0 Å². The monoisotopic (exact) mass is 313 g/mol. The molecule has 0 radical (unpaired) electrons. The van der Waals surface area contributed by atoms with Crippen molar-refractivity contribution in [1.29, 1.82) is 0 Å². The van der Waals surface area contributed by atoms with E-state index in [1.165, 1.54) is 10.7 Å². The Balaban J connectivity index is 2.32. The fourth-order valence-corrected chi connectivity index (χ4v) is 2.79. The molecule has 3 aromatic rings. The van der Waals surface area contributed by atoms with Gasteiger partial charge in [0, 0.05) is 5.56 Å². The molecule has 1 heterocycles. The van der Waals surface area contributed by atoms with E-state index in [4.69, 9.17) is 0 Å². The largest absolute Gasteiger partial charge is 0.504 e. The van der Waals surface area contributed by atoms with E-state index in [1.54, 1.807) is 12.1 Å². The first-order valence-electron chi connectivity index (χ1n) is 6.73. The van der Waals surface area contributed by atoms with E-state index in [-0.39, 0.29) is 11.5 Å². The fraction of sp³-hybridized carbons (Fsp3) is 0.125. The molecule has 0 spiro atoms. The van der Waals surface area contributed by atoms with Gasteiger partial charge in [0.1, 0.15) is 16.4 Å². The summed E-state index contributed by atoms with van der Waals surface area (Å²) in [6.07, 6.45) is 0. The molecule has 2 N–H and O–H groups in total. The van der Waals surface area contributed by atoms with Crippen LogP contribution in [0.2, 0.25) is 0 Å². The topological polar surface area (TPSA) is 71.2 Å². The molecule has 0 saturated carbocycles. The van der Waals surface area contributed by atoms with E-state index in [0.717, 1.165) is 16.7 Å². The highest BCUT2D eigenvalue weighted by Gasteiger charge is 2.20. The number of phenolic OH excluding ortho intramolecular Hbond substituents is 2. The SMILES string of the molecule is Cc1cccc(C)c1-c1c(S)nnn1-c1cccc(O)c1O. The van der Waals surface area contributed by atoms with Gasteiger partial charge in [0.25, 0.3) is 0 Å². The number of para-hydroxylation sites is 1. The van der Waals surface area contributed by atoms with E-state index in [9.17, 15) is 10.2 Å². The Morgan fingerprint density at radius 1 is 1.00 bits per heavy atom. The van der Waals surface area contributed by atoms with Crippen LogP contribution >= 0.6 is 12.6 Å². The van der Waals surface area contributed by atoms with Crippen molar-refractivity contribution in [2.24, 2.45) is 0 Å². The number of aromatic nitrogens is 3. The quantitative estimate of drug-likeness (QED) is 0.502. The lowest BCUT2D eigenvalue weighted by molar-refractivity contribution is 0.401. The molecule has 22 heavy (non-hydrogen) atoms. The van der Waals surface area contributed by atoms with Crippen LogP contribution in [0.3, 0.4) is 0 Å². The summed E-state index contributed by atoms with van der Waals surface area (Å²) in [5, 5.41) is 28.3. The number of aromatic hydroxyl groups is 2. The van der Waals surface area contributed by atoms with Crippen molar-refractivity contribution in [3.8, 4) is 28.4 Å². The maximum atomic E-state index is 10.1. The number of thiol groups is 1. The predicted molar refractivity (Wildman–Crippen MR) is 86.9 cm³/mol. The van der Waals surface area contributed by atoms with Gasteiger partial charge in [-0.05, 0) is 37.1 Å². The molecule has 2 aromatic carbocycles. The molecule has 0 amide bonds. The lowest BCUT2D eigenvalue weighted by Crippen LogP contribution is -2.02. The third-order valence-electron chi connectivity index (χ3n) is 3.59. The molecular weight excluding hydrogens is 298 g/mol. The summed E-state index contributed by atoms with van der Waals surface area (Å²) in [7, 11) is 0. The maximum Gasteiger partial charge on any atom is 0.183 e. The van der Waals surface area contributed by atoms with E-state index in [2.05, 4.69) is 22.9 Å². The highest BCUT2D eigenvalue weighted by Crippen LogP contribution is 2.37. The first kappa shape index (κ1) is 14.5. The molecule has 0 aliphatic heterocycles. The number of benzene rings is 2. The van der Waals surface area contributed by atoms with Crippen molar-refractivity contribution in [2.75, 3.05) is 0 Å². The van der Waals surface area contributed by atoms with Crippen molar-refractivity contribution in [2.45, 2.75) is 18.9 Å². The molecule has 0 fully saturated rings. The van der Waals surface area contributed by atoms with Crippen LogP contribution < -0.4 is 0 Å². The number of rotatable bonds is 2. The average molecular weight is 313 g/mol. The van der Waals surface area contributed by atoms with Crippen molar-refractivity contribution >= 4 is 12.6 Å². The molecule has 3 rings (SSSR count). The van der Waals surface area contributed by atoms with Gasteiger partial charge in [0.15, 0.2) is 11.5 Å². The Kier molecular flexibility index (Phi) is 3.54. The van der Waals surface area contributed by atoms with Gasteiger partial charge in [0.05, 0.1) is 0 Å². The first-order chi connectivity index (χ1) is 10.5. The third kappa shape index (κ3) is 2.21. The molecule has 6 heteroatoms. The number of nitrogens with zero attached hydrogens (tertiary/aromatic N) is 3. The van der Waals surface area contributed by atoms with Crippen molar-refractivity contribution in [3.05, 3.63) is 47.5 Å². The Bertz CT molecular complexity index is 838. The number of hydrogen-bond acceptors (Lipinski definition) is 5. The van der Waals surface area contributed by atoms with Crippen LogP contribution in [0.1, 0.15) is 11.1 Å². The standard InChI is InChI=1S/C16H15N3O2S/c1-9-5-3-6-10(2)13(9)14-16(22)17-18-19(14)11-7-4-8-12(20)15(11)21/h3-8,20-22H,1-2H3. The van der Waals surface area contributed by atoms with Crippen molar-refractivity contribution in [1.82, 2.24) is 15.0 Å². The van der Waals surface area contributed by atoms with Gasteiger partial charge in [-0.2, -0.15) is 0 Å². The predicted octanol–water partition coefficient (Wildman–Crippen LogP) is 3.25. The van der Waals surface area contributed by atoms with Gasteiger partial charge < -0.3 is 10.2 Å². The van der Waals surface area contributed by atoms with Crippen LogP contribution in [0.25, 0.3) is 16.9 Å². The van der Waals surface area contributed by atoms with Gasteiger partial charge in [0.2, 0.25) is 0 Å². The van der Waals surface area contributed by atoms with Crippen molar-refractivity contribution in [3.63, 3.8) is 0 Å². The lowest BCUT2D eigenvalue weighted by Gasteiger charge is -2.13. The normalized spacial score (nSPS) is 10.9. The molecule has 0 atom stereocenters. The van der Waals surface area contributed by atoms with Gasteiger partial charge in [-0.15, -0.1) is 17.7 Å². The molecule has 0 saturated heterocycles. The maximum absolute atomic E-state index is 10.1. The molecular formula is C16H15N3O2S. The van der Waals surface area contributed by atoms with Gasteiger partial charge in [-0.25, -0.2) is 4.68 Å². The zero-order valence-corrected chi connectivity index (χ0v) is 13.0. The van der Waals surface area contributed by atoms with Gasteiger partial charge in [-0.3, -0.25) is 0 Å². The lowest BCUT2D eigenvalue weighted by atomic mass is 10.0. The minimum atomic E-state index is -0.242. The molecule has 5 nitrogen and oxygen atoms in total. The summed E-state index contributed by atoms with van der Waals surface area (Å²) in [6.45, 7) is 3.99. The summed E-state index contributed by atoms with van der Waals surface area (Å²) >= 11 is 4.40. The van der Waals surface area contributed by atoms with E-state index in [1.807, 2.05) is 32.0 Å². The second kappa shape index (κ2) is 5.38. The Labute approximate surface area is 133 Å². The highest BCUT2D eigenvalue weighted by molar-refractivity contribution is 7.80. The molecule has 0 aliphatic rings. The fourth-order valence-electron chi connectivity index (χ4n) is 2.54. The Morgan fingerprint density at radius 2 is 1.64 bits per heavy atom. The highest BCUT2D eigenvalue weighted by atomic mass is 32.1. The number of phenols is 2. The third-order valence-corrected chi connectivity index (χ3v) is 3.89. The molecule has 0 aliphatic carbocycles. The van der Waals surface area contributed by atoms with E-state index < -0.39 is 0 Å². The minimum absolute atomic E-state index is 0.207. The summed E-state index contributed by atoms with van der Waals surface area (Å²) in [5.41, 5.74) is 4.10. The minimum Gasteiger partial charge on any atom is -0.504 e. The van der Waals surface area contributed by atoms with E-state index in [0.29, 0.717) is 16.4 Å². The van der Waals surface area contributed by atoms with E-state index >= 15 is 0 Å². The summed E-state index contributed by atoms with van der Waals surface area (Å²) in [4.78, 5) is 0. The first-order valence-corrected chi connectivity index (χ1v) is 7.18. The van der Waals surface area contributed by atoms with Crippen LogP contribution in [-0.4, -0.2) is 25.2 Å². The van der Waals surface area contributed by atoms with Crippen LogP contribution in [0, 0.1) is 13.8 Å². The van der Waals surface area contributed by atoms with Crippen LogP contribution in [0.5, 0.6) is 11.5 Å². The second-order valence-corrected chi connectivity index (χ2v) is 5.51. The smallest absolute Gasteiger partial charge is 0.183 e. The second-order valence-electron chi connectivity index (χ2n) is 5.09. The summed E-state index contributed by atoms with van der Waals surface area (Å²) in [5.74, 6) is -0.450. The van der Waals surface area contributed by atoms with Crippen LogP contribution in [0.15, 0.2) is 41.4 Å². The zero-order chi connectivity index (χ0) is 15.9. The average Bonchev–Trinajstić information content (AvgIpc) is 2.84. The number of hydrogen-bond donors (Lipinski definition) is 3.